The second kappa shape index (κ2) is 5.62. The summed E-state index contributed by atoms with van der Waals surface area (Å²) in [7, 11) is 0. The Bertz CT molecular complexity index is 394. The van der Waals surface area contributed by atoms with Crippen molar-refractivity contribution in [2.75, 3.05) is 11.4 Å². The number of hydrogen-bond acceptors (Lipinski definition) is 1. The van der Waals surface area contributed by atoms with Crippen LogP contribution in [-0.2, 0) is 5.33 Å². The molecule has 1 aliphatic heterocycles. The monoisotopic (exact) mass is 315 g/mol. The molecule has 1 aromatic carbocycles. The van der Waals surface area contributed by atoms with Crippen LogP contribution in [0.2, 0.25) is 5.02 Å². The average molecular weight is 317 g/mol. The van der Waals surface area contributed by atoms with Gasteiger partial charge in [0.05, 0.1) is 0 Å². The summed E-state index contributed by atoms with van der Waals surface area (Å²) in [6.45, 7) is 5.78. The molecule has 1 fully saturated rings. The van der Waals surface area contributed by atoms with E-state index in [1.165, 1.54) is 24.1 Å². The van der Waals surface area contributed by atoms with E-state index in [4.69, 9.17) is 11.6 Å². The molecule has 0 bridgehead atoms. The van der Waals surface area contributed by atoms with E-state index < -0.39 is 0 Å². The van der Waals surface area contributed by atoms with Crippen LogP contribution >= 0.6 is 27.5 Å². The first-order chi connectivity index (χ1) is 8.13. The predicted octanol–water partition coefficient (Wildman–Crippen LogP) is 4.86. The van der Waals surface area contributed by atoms with E-state index in [2.05, 4.69) is 46.8 Å². The van der Waals surface area contributed by atoms with Crippen LogP contribution in [0.1, 0.15) is 32.3 Å². The van der Waals surface area contributed by atoms with Crippen molar-refractivity contribution in [2.45, 2.75) is 38.1 Å². The summed E-state index contributed by atoms with van der Waals surface area (Å²) >= 11 is 9.83. The fraction of sp³-hybridized carbons (Fsp3) is 0.571. The van der Waals surface area contributed by atoms with Gasteiger partial charge in [0.25, 0.3) is 0 Å². The highest BCUT2D eigenvalue weighted by Crippen LogP contribution is 2.34. The van der Waals surface area contributed by atoms with Crippen LogP contribution in [0.3, 0.4) is 0 Å². The second-order valence-electron chi connectivity index (χ2n) is 5.06. The number of piperidine rings is 1. The molecular weight excluding hydrogens is 298 g/mol. The van der Waals surface area contributed by atoms with Gasteiger partial charge in [-0.2, -0.15) is 0 Å². The van der Waals surface area contributed by atoms with Crippen LogP contribution in [0.25, 0.3) is 0 Å². The van der Waals surface area contributed by atoms with E-state index in [1.54, 1.807) is 0 Å². The van der Waals surface area contributed by atoms with E-state index in [0.717, 1.165) is 22.8 Å². The number of hydrogen-bond donors (Lipinski definition) is 0. The molecule has 0 aromatic heterocycles. The molecule has 0 radical (unpaired) electrons. The number of anilines is 1. The summed E-state index contributed by atoms with van der Waals surface area (Å²) < 4.78 is 0. The van der Waals surface area contributed by atoms with E-state index >= 15 is 0 Å². The fourth-order valence-corrected chi connectivity index (χ4v) is 3.56. The summed E-state index contributed by atoms with van der Waals surface area (Å²) in [5.41, 5.74) is 2.52. The van der Waals surface area contributed by atoms with Gasteiger partial charge in [-0.15, -0.1) is 0 Å². The van der Waals surface area contributed by atoms with Crippen molar-refractivity contribution < 1.29 is 0 Å². The fourth-order valence-electron chi connectivity index (χ4n) is 2.57. The summed E-state index contributed by atoms with van der Waals surface area (Å²) in [6, 6.07) is 6.83. The highest BCUT2D eigenvalue weighted by atomic mass is 79.9. The molecule has 94 valence electrons. The molecule has 3 heteroatoms. The Labute approximate surface area is 117 Å². The molecule has 0 aliphatic carbocycles. The Kier molecular flexibility index (Phi) is 4.37. The normalized spacial score (nSPS) is 25.1. The van der Waals surface area contributed by atoms with Gasteiger partial charge in [0, 0.05) is 34.2 Å². The zero-order valence-electron chi connectivity index (χ0n) is 10.4. The van der Waals surface area contributed by atoms with Crippen LogP contribution in [-0.4, -0.2) is 12.6 Å². The average Bonchev–Trinajstić information content (AvgIpc) is 2.32. The Balaban J connectivity index is 2.35. The number of halogens is 2. The van der Waals surface area contributed by atoms with E-state index in [9.17, 15) is 0 Å². The highest BCUT2D eigenvalue weighted by Gasteiger charge is 2.24. The number of nitrogens with zero attached hydrogens (tertiary/aromatic N) is 1. The minimum absolute atomic E-state index is 0.613. The van der Waals surface area contributed by atoms with Crippen LogP contribution in [0, 0.1) is 5.92 Å². The maximum Gasteiger partial charge on any atom is 0.0467 e. The number of alkyl halides is 1. The van der Waals surface area contributed by atoms with Crippen molar-refractivity contribution in [1.82, 2.24) is 0 Å². The van der Waals surface area contributed by atoms with Gasteiger partial charge in [0.15, 0.2) is 0 Å². The Morgan fingerprint density at radius 3 is 2.82 bits per heavy atom. The predicted molar refractivity (Wildman–Crippen MR) is 79.3 cm³/mol. The minimum atomic E-state index is 0.613. The summed E-state index contributed by atoms with van der Waals surface area (Å²) in [6.07, 6.45) is 2.61. The van der Waals surface area contributed by atoms with Crippen LogP contribution in [0.15, 0.2) is 18.2 Å². The number of rotatable bonds is 2. The molecule has 0 amide bonds. The van der Waals surface area contributed by atoms with Gasteiger partial charge in [-0.05, 0) is 37.8 Å². The summed E-state index contributed by atoms with van der Waals surface area (Å²) in [5.74, 6) is 0.772. The lowest BCUT2D eigenvalue weighted by Crippen LogP contribution is -2.41. The molecule has 2 rings (SSSR count). The molecule has 0 spiro atoms. The molecule has 1 aromatic rings. The van der Waals surface area contributed by atoms with Crippen molar-refractivity contribution in [2.24, 2.45) is 5.92 Å². The molecular formula is C14H19BrClN. The van der Waals surface area contributed by atoms with Gasteiger partial charge in [0.2, 0.25) is 0 Å². The Hall–Kier alpha value is -0.210. The quantitative estimate of drug-likeness (QED) is 0.704. The maximum atomic E-state index is 6.28. The van der Waals surface area contributed by atoms with E-state index in [-0.39, 0.29) is 0 Å². The zero-order chi connectivity index (χ0) is 12.4. The van der Waals surface area contributed by atoms with E-state index in [0.29, 0.717) is 6.04 Å². The van der Waals surface area contributed by atoms with Gasteiger partial charge in [-0.25, -0.2) is 0 Å². The third-order valence-electron chi connectivity index (χ3n) is 3.65. The van der Waals surface area contributed by atoms with Gasteiger partial charge < -0.3 is 4.90 Å². The molecule has 0 saturated carbocycles. The molecule has 1 nitrogen and oxygen atoms in total. The molecule has 1 heterocycles. The third-order valence-corrected chi connectivity index (χ3v) is 4.57. The van der Waals surface area contributed by atoms with Crippen molar-refractivity contribution >= 4 is 33.2 Å². The second-order valence-corrected chi connectivity index (χ2v) is 6.02. The lowest BCUT2D eigenvalue weighted by atomic mass is 9.94. The highest BCUT2D eigenvalue weighted by molar-refractivity contribution is 9.08. The van der Waals surface area contributed by atoms with Crippen LogP contribution < -0.4 is 4.90 Å². The maximum absolute atomic E-state index is 6.28. The van der Waals surface area contributed by atoms with Crippen molar-refractivity contribution in [3.8, 4) is 0 Å². The minimum Gasteiger partial charge on any atom is -0.368 e. The first kappa shape index (κ1) is 13.2. The summed E-state index contributed by atoms with van der Waals surface area (Å²) in [5, 5.41) is 1.68. The molecule has 17 heavy (non-hydrogen) atoms. The lowest BCUT2D eigenvalue weighted by Gasteiger charge is -2.39. The molecule has 1 saturated heterocycles. The first-order valence-electron chi connectivity index (χ1n) is 6.23. The smallest absolute Gasteiger partial charge is 0.0467 e. The van der Waals surface area contributed by atoms with Gasteiger partial charge in [-0.1, -0.05) is 40.5 Å². The van der Waals surface area contributed by atoms with Crippen LogP contribution in [0.4, 0.5) is 5.69 Å². The van der Waals surface area contributed by atoms with Gasteiger partial charge >= 0.3 is 0 Å². The van der Waals surface area contributed by atoms with Crippen LogP contribution in [0.5, 0.6) is 0 Å². The standard InChI is InChI=1S/C14H19BrClN/c1-10-6-7-11(2)17(9-10)14-5-3-4-13(16)12(14)8-15/h3-5,10-11H,6-9H2,1-2H3. The zero-order valence-corrected chi connectivity index (χ0v) is 12.8. The largest absolute Gasteiger partial charge is 0.368 e. The van der Waals surface area contributed by atoms with Crippen molar-refractivity contribution in [3.05, 3.63) is 28.8 Å². The third kappa shape index (κ3) is 2.79. The molecule has 0 N–H and O–H groups in total. The lowest BCUT2D eigenvalue weighted by molar-refractivity contribution is 0.390. The van der Waals surface area contributed by atoms with E-state index in [1.807, 2.05) is 6.07 Å². The Morgan fingerprint density at radius 1 is 1.35 bits per heavy atom. The van der Waals surface area contributed by atoms with Crippen molar-refractivity contribution in [3.63, 3.8) is 0 Å². The Morgan fingerprint density at radius 2 is 2.12 bits per heavy atom. The van der Waals surface area contributed by atoms with Gasteiger partial charge in [-0.3, -0.25) is 0 Å². The molecule has 1 aliphatic rings. The SMILES string of the molecule is CC1CCC(C)N(c2cccc(Cl)c2CBr)C1. The molecule has 2 atom stereocenters. The molecule has 2 unspecified atom stereocenters. The topological polar surface area (TPSA) is 3.24 Å². The summed E-state index contributed by atoms with van der Waals surface area (Å²) in [4.78, 5) is 2.51. The van der Waals surface area contributed by atoms with Crippen molar-refractivity contribution in [1.29, 1.82) is 0 Å². The van der Waals surface area contributed by atoms with Gasteiger partial charge in [0.1, 0.15) is 0 Å². The number of benzene rings is 1. The first-order valence-corrected chi connectivity index (χ1v) is 7.73.